The summed E-state index contributed by atoms with van der Waals surface area (Å²) in [5.41, 5.74) is 3.05. The van der Waals surface area contributed by atoms with Crippen molar-refractivity contribution in [1.82, 2.24) is 10.4 Å². The van der Waals surface area contributed by atoms with Gasteiger partial charge in [-0.1, -0.05) is 0 Å². The van der Waals surface area contributed by atoms with Gasteiger partial charge in [-0.3, -0.25) is 0 Å². The highest BCUT2D eigenvalue weighted by Gasteiger charge is 1.97. The summed E-state index contributed by atoms with van der Waals surface area (Å²) in [5.74, 6) is 0. The predicted molar refractivity (Wildman–Crippen MR) is 37.9 cm³/mol. The van der Waals surface area contributed by atoms with Gasteiger partial charge in [-0.15, -0.1) is 0 Å². The van der Waals surface area contributed by atoms with Gasteiger partial charge in [0.2, 0.25) is 0 Å². The van der Waals surface area contributed by atoms with Gasteiger partial charge >= 0.3 is 0 Å². The van der Waals surface area contributed by atoms with Crippen LogP contribution in [0, 0.1) is 0 Å². The molecule has 1 unspecified atom stereocenters. The van der Waals surface area contributed by atoms with Crippen molar-refractivity contribution in [3.05, 3.63) is 0 Å². The Balaban J connectivity index is 3.15. The van der Waals surface area contributed by atoms with E-state index in [0.29, 0.717) is 0 Å². The molecule has 0 rings (SSSR count). The Kier molecular flexibility index (Phi) is 4.67. The van der Waals surface area contributed by atoms with Crippen LogP contribution in [0.5, 0.6) is 0 Å². The monoisotopic (exact) mass is 132 g/mol. The zero-order valence-corrected chi connectivity index (χ0v) is 6.64. The molecule has 0 aromatic carbocycles. The number of nitrogens with zero attached hydrogens (tertiary/aromatic N) is 1. The number of nitrogens with one attached hydrogen (secondary N) is 1. The maximum absolute atomic E-state index is 5.20. The van der Waals surface area contributed by atoms with Gasteiger partial charge in [0.1, 0.15) is 6.23 Å². The van der Waals surface area contributed by atoms with E-state index in [0.717, 1.165) is 6.61 Å². The normalized spacial score (nSPS) is 14.3. The van der Waals surface area contributed by atoms with Gasteiger partial charge in [0.15, 0.2) is 0 Å². The third-order valence-electron chi connectivity index (χ3n) is 0.857. The van der Waals surface area contributed by atoms with Gasteiger partial charge in [0.05, 0.1) is 0 Å². The maximum atomic E-state index is 5.20. The molecule has 9 heavy (non-hydrogen) atoms. The van der Waals surface area contributed by atoms with E-state index in [1.54, 1.807) is 0 Å². The van der Waals surface area contributed by atoms with Crippen LogP contribution in [0.1, 0.15) is 13.8 Å². The molecule has 0 aliphatic rings. The first-order chi connectivity index (χ1) is 4.16. The second kappa shape index (κ2) is 4.73. The zero-order chi connectivity index (χ0) is 7.28. The first kappa shape index (κ1) is 8.88. The standard InChI is InChI=1S/C6H16N2O/c1-5-9-6(2)7-8(3)4/h6-7H,5H2,1-4H3. The summed E-state index contributed by atoms with van der Waals surface area (Å²) in [6.07, 6.45) is 0.116. The van der Waals surface area contributed by atoms with E-state index in [2.05, 4.69) is 5.43 Å². The van der Waals surface area contributed by atoms with Crippen molar-refractivity contribution in [2.75, 3.05) is 20.7 Å². The van der Waals surface area contributed by atoms with E-state index in [1.165, 1.54) is 0 Å². The van der Waals surface area contributed by atoms with Crippen molar-refractivity contribution in [1.29, 1.82) is 0 Å². The summed E-state index contributed by atoms with van der Waals surface area (Å²) in [6, 6.07) is 0. The Bertz CT molecular complexity index is 66.1. The summed E-state index contributed by atoms with van der Waals surface area (Å²) < 4.78 is 5.20. The molecular formula is C6H16N2O. The first-order valence-corrected chi connectivity index (χ1v) is 3.22. The average Bonchev–Trinajstić information content (AvgIpc) is 1.63. The van der Waals surface area contributed by atoms with E-state index in [-0.39, 0.29) is 6.23 Å². The van der Waals surface area contributed by atoms with Crippen LogP contribution in [0.25, 0.3) is 0 Å². The van der Waals surface area contributed by atoms with Crippen LogP contribution < -0.4 is 5.43 Å². The van der Waals surface area contributed by atoms with Gasteiger partial charge in [-0.05, 0) is 13.8 Å². The van der Waals surface area contributed by atoms with Crippen molar-refractivity contribution in [2.24, 2.45) is 0 Å². The van der Waals surface area contributed by atoms with Crippen molar-refractivity contribution < 1.29 is 4.74 Å². The summed E-state index contributed by atoms with van der Waals surface area (Å²) in [6.45, 7) is 4.71. The predicted octanol–water partition coefficient (Wildman–Crippen LogP) is 0.435. The largest absolute Gasteiger partial charge is 0.363 e. The van der Waals surface area contributed by atoms with Gasteiger partial charge in [0, 0.05) is 20.7 Å². The van der Waals surface area contributed by atoms with Crippen LogP contribution >= 0.6 is 0 Å². The molecule has 0 radical (unpaired) electrons. The van der Waals surface area contributed by atoms with Crippen molar-refractivity contribution in [2.45, 2.75) is 20.1 Å². The minimum absolute atomic E-state index is 0.116. The minimum Gasteiger partial charge on any atom is -0.363 e. The smallest absolute Gasteiger partial charge is 0.117 e. The number of ether oxygens (including phenoxy) is 1. The molecule has 0 fully saturated rings. The van der Waals surface area contributed by atoms with Gasteiger partial charge in [-0.25, -0.2) is 10.4 Å². The molecule has 0 bridgehead atoms. The SMILES string of the molecule is CCOC(C)NN(C)C. The lowest BCUT2D eigenvalue weighted by Gasteiger charge is -2.18. The molecule has 0 saturated carbocycles. The lowest BCUT2D eigenvalue weighted by atomic mass is 10.7. The molecule has 0 spiro atoms. The maximum Gasteiger partial charge on any atom is 0.117 e. The van der Waals surface area contributed by atoms with E-state index < -0.39 is 0 Å². The second-order valence-electron chi connectivity index (χ2n) is 2.12. The van der Waals surface area contributed by atoms with Crippen LogP contribution in [-0.4, -0.2) is 31.9 Å². The molecule has 0 aliphatic carbocycles. The molecule has 56 valence electrons. The van der Waals surface area contributed by atoms with Crippen LogP contribution in [0.4, 0.5) is 0 Å². The summed E-state index contributed by atoms with van der Waals surface area (Å²) in [5, 5.41) is 1.88. The molecule has 1 N–H and O–H groups in total. The number of hydrogen-bond donors (Lipinski definition) is 1. The molecule has 0 aliphatic heterocycles. The highest BCUT2D eigenvalue weighted by Crippen LogP contribution is 1.83. The van der Waals surface area contributed by atoms with E-state index in [1.807, 2.05) is 33.0 Å². The Morgan fingerprint density at radius 2 is 2.11 bits per heavy atom. The first-order valence-electron chi connectivity index (χ1n) is 3.22. The van der Waals surface area contributed by atoms with Crippen molar-refractivity contribution in [3.8, 4) is 0 Å². The molecule has 0 amide bonds. The lowest BCUT2D eigenvalue weighted by molar-refractivity contribution is 0.00714. The highest BCUT2D eigenvalue weighted by atomic mass is 16.5. The van der Waals surface area contributed by atoms with Gasteiger partial charge in [0.25, 0.3) is 0 Å². The third-order valence-corrected chi connectivity index (χ3v) is 0.857. The number of hydrogen-bond acceptors (Lipinski definition) is 3. The topological polar surface area (TPSA) is 24.5 Å². The van der Waals surface area contributed by atoms with Crippen LogP contribution in [0.15, 0.2) is 0 Å². The van der Waals surface area contributed by atoms with Gasteiger partial charge in [-0.2, -0.15) is 0 Å². The summed E-state index contributed by atoms with van der Waals surface area (Å²) in [7, 11) is 3.88. The molecule has 1 atom stereocenters. The van der Waals surface area contributed by atoms with Crippen molar-refractivity contribution in [3.63, 3.8) is 0 Å². The van der Waals surface area contributed by atoms with Crippen LogP contribution in [0.2, 0.25) is 0 Å². The third kappa shape index (κ3) is 5.76. The van der Waals surface area contributed by atoms with E-state index in [9.17, 15) is 0 Å². The van der Waals surface area contributed by atoms with Crippen molar-refractivity contribution >= 4 is 0 Å². The number of rotatable bonds is 4. The Morgan fingerprint density at radius 3 is 2.44 bits per heavy atom. The summed E-state index contributed by atoms with van der Waals surface area (Å²) in [4.78, 5) is 0. The molecule has 3 heteroatoms. The van der Waals surface area contributed by atoms with Crippen LogP contribution in [0.3, 0.4) is 0 Å². The van der Waals surface area contributed by atoms with Crippen LogP contribution in [-0.2, 0) is 4.74 Å². The number of hydrazine groups is 1. The molecule has 0 heterocycles. The zero-order valence-electron chi connectivity index (χ0n) is 6.64. The summed E-state index contributed by atoms with van der Waals surface area (Å²) >= 11 is 0. The van der Waals surface area contributed by atoms with E-state index in [4.69, 9.17) is 4.74 Å². The molecule has 3 nitrogen and oxygen atoms in total. The average molecular weight is 132 g/mol. The fourth-order valence-corrected chi connectivity index (χ4v) is 0.651. The second-order valence-corrected chi connectivity index (χ2v) is 2.12. The Hall–Kier alpha value is -0.120. The quantitative estimate of drug-likeness (QED) is 0.443. The minimum atomic E-state index is 0.116. The Labute approximate surface area is 57.0 Å². The molecule has 0 aromatic rings. The van der Waals surface area contributed by atoms with Gasteiger partial charge < -0.3 is 4.74 Å². The molecule has 0 aromatic heterocycles. The lowest BCUT2D eigenvalue weighted by Crippen LogP contribution is -2.39. The fraction of sp³-hybridized carbons (Fsp3) is 1.00. The molecular weight excluding hydrogens is 116 g/mol. The fourth-order valence-electron chi connectivity index (χ4n) is 0.651. The Morgan fingerprint density at radius 1 is 1.56 bits per heavy atom. The van der Waals surface area contributed by atoms with E-state index >= 15 is 0 Å². The highest BCUT2D eigenvalue weighted by molar-refractivity contribution is 4.38. The molecule has 0 saturated heterocycles.